The van der Waals surface area contributed by atoms with Gasteiger partial charge in [-0.15, -0.1) is 0 Å². The highest BCUT2D eigenvalue weighted by molar-refractivity contribution is 9.10. The second kappa shape index (κ2) is 8.48. The first-order valence-corrected chi connectivity index (χ1v) is 9.93. The number of rotatable bonds is 5. The maximum Gasteiger partial charge on any atom is 0.411 e. The summed E-state index contributed by atoms with van der Waals surface area (Å²) in [5.74, 6) is -0.554. The third-order valence-electron chi connectivity index (χ3n) is 5.12. The summed E-state index contributed by atoms with van der Waals surface area (Å²) in [6.45, 7) is 3.81. The Balaban J connectivity index is 1.49. The topological polar surface area (TPSA) is 88.2 Å². The smallest absolute Gasteiger partial charge is 0.411 e. The summed E-state index contributed by atoms with van der Waals surface area (Å²) in [7, 11) is 1.29. The Labute approximate surface area is 172 Å². The molecule has 0 unspecified atom stereocenters. The summed E-state index contributed by atoms with van der Waals surface area (Å²) >= 11 is 3.46. The Hall–Kier alpha value is -2.13. The lowest BCUT2D eigenvalue weighted by molar-refractivity contribution is -0.141. The molecule has 0 aliphatic carbocycles. The molecule has 0 aromatic heterocycles. The van der Waals surface area contributed by atoms with Gasteiger partial charge >= 0.3 is 12.1 Å². The number of hydrogen-bond donors (Lipinski definition) is 1. The number of nitrogens with zero attached hydrogens (tertiary/aromatic N) is 2. The van der Waals surface area contributed by atoms with E-state index in [9.17, 15) is 14.4 Å². The molecule has 2 fully saturated rings. The van der Waals surface area contributed by atoms with Crippen LogP contribution >= 0.6 is 15.9 Å². The van der Waals surface area contributed by atoms with Crippen molar-refractivity contribution in [2.45, 2.75) is 25.4 Å². The van der Waals surface area contributed by atoms with Crippen molar-refractivity contribution in [1.82, 2.24) is 9.80 Å². The fraction of sp³-hybridized carbons (Fsp3) is 0.526. The fourth-order valence-electron chi connectivity index (χ4n) is 3.53. The van der Waals surface area contributed by atoms with E-state index in [-0.39, 0.29) is 19.0 Å². The number of methoxy groups -OCH3 is 1. The van der Waals surface area contributed by atoms with E-state index < -0.39 is 17.7 Å². The number of hydrogen-bond acceptors (Lipinski definition) is 6. The lowest BCUT2D eigenvalue weighted by Crippen LogP contribution is -2.48. The Morgan fingerprint density at radius 2 is 2.00 bits per heavy atom. The van der Waals surface area contributed by atoms with E-state index in [0.29, 0.717) is 32.5 Å². The van der Waals surface area contributed by atoms with Gasteiger partial charge in [0.05, 0.1) is 25.9 Å². The number of ether oxygens (including phenoxy) is 2. The molecule has 152 valence electrons. The minimum absolute atomic E-state index is 0.0868. The second-order valence-corrected chi connectivity index (χ2v) is 8.15. The predicted molar refractivity (Wildman–Crippen MR) is 106 cm³/mol. The maximum atomic E-state index is 12.4. The molecule has 1 N–H and O–H groups in total. The molecule has 2 aliphatic heterocycles. The Morgan fingerprint density at radius 1 is 1.29 bits per heavy atom. The molecule has 1 aromatic rings. The monoisotopic (exact) mass is 453 g/mol. The quantitative estimate of drug-likeness (QED) is 0.687. The number of aryl methyl sites for hydroxylation is 1. The van der Waals surface area contributed by atoms with Crippen molar-refractivity contribution in [1.29, 1.82) is 0 Å². The zero-order valence-corrected chi connectivity index (χ0v) is 17.6. The number of anilines is 1. The van der Waals surface area contributed by atoms with Gasteiger partial charge in [-0.2, -0.15) is 0 Å². The van der Waals surface area contributed by atoms with Gasteiger partial charge in [-0.05, 0) is 40.5 Å². The van der Waals surface area contributed by atoms with Gasteiger partial charge in [0.15, 0.2) is 0 Å². The van der Waals surface area contributed by atoms with Crippen LogP contribution in [0.2, 0.25) is 0 Å². The van der Waals surface area contributed by atoms with Crippen molar-refractivity contribution >= 4 is 39.6 Å². The second-order valence-electron chi connectivity index (χ2n) is 7.29. The van der Waals surface area contributed by atoms with E-state index >= 15 is 0 Å². The molecule has 8 nitrogen and oxygen atoms in total. The predicted octanol–water partition coefficient (Wildman–Crippen LogP) is 2.16. The summed E-state index contributed by atoms with van der Waals surface area (Å²) in [6, 6.07) is 5.77. The van der Waals surface area contributed by atoms with Crippen molar-refractivity contribution in [3.8, 4) is 0 Å². The standard InChI is InChI=1S/C19H24BrN3O5/c1-13-3-4-15(14(20)9-13)21-16(24)10-22-7-5-19(6-8-22)12-23(18(26)28-19)11-17(25)27-2/h3-4,9H,5-8,10-12H2,1-2H3,(H,21,24). The number of halogens is 1. The molecular formula is C19H24BrN3O5. The molecule has 2 amide bonds. The Bertz CT molecular complexity index is 777. The first-order valence-electron chi connectivity index (χ1n) is 9.13. The molecular weight excluding hydrogens is 430 g/mol. The van der Waals surface area contributed by atoms with Crippen LogP contribution in [0.15, 0.2) is 22.7 Å². The van der Waals surface area contributed by atoms with Crippen LogP contribution in [0.3, 0.4) is 0 Å². The van der Waals surface area contributed by atoms with E-state index in [1.165, 1.54) is 12.0 Å². The molecule has 0 radical (unpaired) electrons. The van der Waals surface area contributed by atoms with E-state index in [1.807, 2.05) is 30.0 Å². The maximum absolute atomic E-state index is 12.4. The van der Waals surface area contributed by atoms with Crippen molar-refractivity contribution in [2.24, 2.45) is 0 Å². The molecule has 0 saturated carbocycles. The van der Waals surface area contributed by atoms with Gasteiger partial charge in [0.2, 0.25) is 5.91 Å². The van der Waals surface area contributed by atoms with Gasteiger partial charge in [-0.25, -0.2) is 4.79 Å². The number of benzene rings is 1. The van der Waals surface area contributed by atoms with Crippen LogP contribution < -0.4 is 5.32 Å². The SMILES string of the molecule is COC(=O)CN1CC2(CCN(CC(=O)Nc3ccc(C)cc3Br)CC2)OC1=O. The highest BCUT2D eigenvalue weighted by Gasteiger charge is 2.47. The first kappa shape index (κ1) is 20.6. The Kier molecular flexibility index (Phi) is 6.24. The number of likely N-dealkylation sites (tertiary alicyclic amines) is 1. The molecule has 2 aliphatic rings. The average Bonchev–Trinajstić information content (AvgIpc) is 2.94. The first-order chi connectivity index (χ1) is 13.3. The van der Waals surface area contributed by atoms with Crippen LogP contribution in [0.25, 0.3) is 0 Å². The fourth-order valence-corrected chi connectivity index (χ4v) is 4.12. The number of nitrogens with one attached hydrogen (secondary N) is 1. The lowest BCUT2D eigenvalue weighted by atomic mass is 9.91. The summed E-state index contributed by atoms with van der Waals surface area (Å²) in [5.41, 5.74) is 1.27. The number of esters is 1. The summed E-state index contributed by atoms with van der Waals surface area (Å²) < 4.78 is 11.0. The molecule has 0 bridgehead atoms. The molecule has 1 aromatic carbocycles. The third-order valence-corrected chi connectivity index (χ3v) is 5.78. The number of amides is 2. The zero-order valence-electron chi connectivity index (χ0n) is 16.0. The highest BCUT2D eigenvalue weighted by Crippen LogP contribution is 2.33. The van der Waals surface area contributed by atoms with Gasteiger partial charge < -0.3 is 14.8 Å². The van der Waals surface area contributed by atoms with Gasteiger partial charge in [0.25, 0.3) is 0 Å². The van der Waals surface area contributed by atoms with E-state index in [0.717, 1.165) is 15.7 Å². The van der Waals surface area contributed by atoms with Crippen LogP contribution in [-0.4, -0.2) is 73.2 Å². The summed E-state index contributed by atoms with van der Waals surface area (Å²) in [4.78, 5) is 39.2. The van der Waals surface area contributed by atoms with Crippen molar-refractivity contribution < 1.29 is 23.9 Å². The van der Waals surface area contributed by atoms with Crippen molar-refractivity contribution in [2.75, 3.05) is 45.2 Å². The molecule has 3 rings (SSSR count). The molecule has 2 heterocycles. The van der Waals surface area contributed by atoms with Crippen LogP contribution in [-0.2, 0) is 19.1 Å². The highest BCUT2D eigenvalue weighted by atomic mass is 79.9. The zero-order chi connectivity index (χ0) is 20.3. The van der Waals surface area contributed by atoms with Gasteiger partial charge in [-0.1, -0.05) is 6.07 Å². The molecule has 28 heavy (non-hydrogen) atoms. The van der Waals surface area contributed by atoms with Gasteiger partial charge in [0.1, 0.15) is 12.1 Å². The largest absolute Gasteiger partial charge is 0.468 e. The molecule has 2 saturated heterocycles. The van der Waals surface area contributed by atoms with Crippen molar-refractivity contribution in [3.63, 3.8) is 0 Å². The molecule has 1 spiro atoms. The number of carbonyl (C=O) groups is 3. The summed E-state index contributed by atoms with van der Waals surface area (Å²) in [6.07, 6.45) is 0.761. The number of piperidine rings is 1. The minimum Gasteiger partial charge on any atom is -0.468 e. The van der Waals surface area contributed by atoms with Crippen LogP contribution in [0.4, 0.5) is 10.5 Å². The van der Waals surface area contributed by atoms with Gasteiger partial charge in [0, 0.05) is 30.4 Å². The van der Waals surface area contributed by atoms with Gasteiger partial charge in [-0.3, -0.25) is 19.4 Å². The number of carbonyl (C=O) groups excluding carboxylic acids is 3. The normalized spacial score (nSPS) is 18.8. The Morgan fingerprint density at radius 3 is 2.64 bits per heavy atom. The van der Waals surface area contributed by atoms with E-state index in [1.54, 1.807) is 0 Å². The third kappa shape index (κ3) is 4.82. The van der Waals surface area contributed by atoms with Crippen LogP contribution in [0.5, 0.6) is 0 Å². The molecule has 9 heteroatoms. The summed E-state index contributed by atoms with van der Waals surface area (Å²) in [5, 5.41) is 2.92. The lowest BCUT2D eigenvalue weighted by Gasteiger charge is -2.37. The van der Waals surface area contributed by atoms with E-state index in [4.69, 9.17) is 4.74 Å². The van der Waals surface area contributed by atoms with Crippen molar-refractivity contribution in [3.05, 3.63) is 28.2 Å². The molecule has 0 atom stereocenters. The average molecular weight is 454 g/mol. The van der Waals surface area contributed by atoms with Crippen LogP contribution in [0, 0.1) is 6.92 Å². The van der Waals surface area contributed by atoms with E-state index in [2.05, 4.69) is 26.0 Å². The van der Waals surface area contributed by atoms with Crippen LogP contribution in [0.1, 0.15) is 18.4 Å². The minimum atomic E-state index is -0.585.